The second kappa shape index (κ2) is 6.78. The molecule has 0 bridgehead atoms. The standard InChI is InChI=1S/C12H15BrF3N3O2/c13-10-9(17-3-1-8-2-4-21-6-8)5-18-19(11(10)20)7-12(14,15)16/h5,8,17H,1-4,6-7H2. The molecule has 0 radical (unpaired) electrons. The number of hydrogen-bond acceptors (Lipinski definition) is 4. The van der Waals surface area contributed by atoms with Crippen LogP contribution in [0, 0.1) is 5.92 Å². The summed E-state index contributed by atoms with van der Waals surface area (Å²) >= 11 is 3.02. The molecule has 1 aromatic rings. The molecule has 1 aromatic heterocycles. The number of anilines is 1. The van der Waals surface area contributed by atoms with Gasteiger partial charge in [0.1, 0.15) is 11.0 Å². The van der Waals surface area contributed by atoms with Gasteiger partial charge in [0.05, 0.1) is 11.9 Å². The van der Waals surface area contributed by atoms with E-state index in [4.69, 9.17) is 4.74 Å². The molecular weight excluding hydrogens is 355 g/mol. The van der Waals surface area contributed by atoms with Gasteiger partial charge >= 0.3 is 6.18 Å². The fraction of sp³-hybridized carbons (Fsp3) is 0.667. The van der Waals surface area contributed by atoms with Crippen molar-refractivity contribution in [3.05, 3.63) is 21.0 Å². The van der Waals surface area contributed by atoms with E-state index in [-0.39, 0.29) is 4.47 Å². The molecule has 1 saturated heterocycles. The SMILES string of the molecule is O=c1c(Br)c(NCCC2CCOC2)cnn1CC(F)(F)F. The molecule has 1 aliphatic rings. The zero-order chi connectivity index (χ0) is 15.5. The van der Waals surface area contributed by atoms with Crippen LogP contribution in [0.25, 0.3) is 0 Å². The lowest BCUT2D eigenvalue weighted by molar-refractivity contribution is -0.143. The van der Waals surface area contributed by atoms with Crippen LogP contribution in [-0.4, -0.2) is 35.7 Å². The lowest BCUT2D eigenvalue weighted by atomic mass is 10.1. The van der Waals surface area contributed by atoms with Crippen LogP contribution in [0.5, 0.6) is 0 Å². The molecule has 0 spiro atoms. The molecule has 1 aliphatic heterocycles. The van der Waals surface area contributed by atoms with E-state index in [9.17, 15) is 18.0 Å². The highest BCUT2D eigenvalue weighted by Crippen LogP contribution is 2.21. The van der Waals surface area contributed by atoms with Crippen molar-refractivity contribution in [3.8, 4) is 0 Å². The molecule has 0 aliphatic carbocycles. The molecule has 1 atom stereocenters. The van der Waals surface area contributed by atoms with Crippen molar-refractivity contribution in [2.45, 2.75) is 25.6 Å². The Kier molecular flexibility index (Phi) is 5.26. The minimum atomic E-state index is -4.48. The van der Waals surface area contributed by atoms with Crippen molar-refractivity contribution in [3.63, 3.8) is 0 Å². The third-order valence-electron chi connectivity index (χ3n) is 3.21. The Labute approximate surface area is 127 Å². The van der Waals surface area contributed by atoms with E-state index >= 15 is 0 Å². The summed E-state index contributed by atoms with van der Waals surface area (Å²) in [6.45, 7) is 0.707. The number of ether oxygens (including phenoxy) is 1. The van der Waals surface area contributed by atoms with Gasteiger partial charge in [0.25, 0.3) is 5.56 Å². The number of hydrogen-bond donors (Lipinski definition) is 1. The average Bonchev–Trinajstić information content (AvgIpc) is 2.89. The summed E-state index contributed by atoms with van der Waals surface area (Å²) in [7, 11) is 0. The van der Waals surface area contributed by atoms with Gasteiger partial charge in [0.15, 0.2) is 0 Å². The van der Waals surface area contributed by atoms with Crippen molar-refractivity contribution in [1.29, 1.82) is 0 Å². The third-order valence-corrected chi connectivity index (χ3v) is 3.97. The Bertz CT molecular complexity index is 542. The summed E-state index contributed by atoms with van der Waals surface area (Å²) in [4.78, 5) is 11.8. The van der Waals surface area contributed by atoms with E-state index in [2.05, 4.69) is 26.3 Å². The van der Waals surface area contributed by atoms with Gasteiger partial charge in [-0.25, -0.2) is 4.68 Å². The molecule has 0 saturated carbocycles. The zero-order valence-corrected chi connectivity index (χ0v) is 12.7. The molecule has 21 heavy (non-hydrogen) atoms. The first-order valence-electron chi connectivity index (χ1n) is 6.51. The first kappa shape index (κ1) is 16.3. The Morgan fingerprint density at radius 1 is 1.52 bits per heavy atom. The zero-order valence-electron chi connectivity index (χ0n) is 11.1. The van der Waals surface area contributed by atoms with Crippen LogP contribution in [0.3, 0.4) is 0 Å². The predicted molar refractivity (Wildman–Crippen MR) is 74.3 cm³/mol. The van der Waals surface area contributed by atoms with Crippen molar-refractivity contribution in [2.75, 3.05) is 25.1 Å². The molecule has 0 amide bonds. The first-order chi connectivity index (χ1) is 9.87. The fourth-order valence-corrected chi connectivity index (χ4v) is 2.54. The van der Waals surface area contributed by atoms with Crippen LogP contribution in [0.2, 0.25) is 0 Å². The van der Waals surface area contributed by atoms with Crippen LogP contribution in [0.1, 0.15) is 12.8 Å². The number of aromatic nitrogens is 2. The molecule has 0 aromatic carbocycles. The highest BCUT2D eigenvalue weighted by molar-refractivity contribution is 9.10. The highest BCUT2D eigenvalue weighted by atomic mass is 79.9. The monoisotopic (exact) mass is 369 g/mol. The van der Waals surface area contributed by atoms with Gasteiger partial charge in [0.2, 0.25) is 0 Å². The minimum Gasteiger partial charge on any atom is -0.383 e. The predicted octanol–water partition coefficient (Wildman–Crippen LogP) is 2.41. The quantitative estimate of drug-likeness (QED) is 0.865. The smallest absolute Gasteiger partial charge is 0.383 e. The molecular formula is C12H15BrF3N3O2. The summed E-state index contributed by atoms with van der Waals surface area (Å²) in [6.07, 6.45) is -1.37. The number of alkyl halides is 3. The molecule has 1 fully saturated rings. The van der Waals surface area contributed by atoms with Crippen molar-refractivity contribution < 1.29 is 17.9 Å². The maximum atomic E-state index is 12.3. The third kappa shape index (κ3) is 4.70. The Balaban J connectivity index is 1.97. The summed E-state index contributed by atoms with van der Waals surface area (Å²) in [5.74, 6) is 0.481. The number of halogens is 4. The van der Waals surface area contributed by atoms with Gasteiger partial charge in [-0.15, -0.1) is 0 Å². The van der Waals surface area contributed by atoms with Gasteiger partial charge in [-0.2, -0.15) is 18.3 Å². The van der Waals surface area contributed by atoms with Crippen molar-refractivity contribution in [1.82, 2.24) is 9.78 Å². The van der Waals surface area contributed by atoms with Crippen LogP contribution in [0.15, 0.2) is 15.5 Å². The van der Waals surface area contributed by atoms with E-state index in [1.807, 2.05) is 0 Å². The Morgan fingerprint density at radius 3 is 2.90 bits per heavy atom. The summed E-state index contributed by atoms with van der Waals surface area (Å²) < 4.78 is 42.6. The van der Waals surface area contributed by atoms with Crippen molar-refractivity contribution in [2.24, 2.45) is 5.92 Å². The minimum absolute atomic E-state index is 0.0596. The molecule has 2 heterocycles. The summed E-state index contributed by atoms with van der Waals surface area (Å²) in [5.41, 5.74) is -0.404. The molecule has 5 nitrogen and oxygen atoms in total. The molecule has 1 unspecified atom stereocenters. The largest absolute Gasteiger partial charge is 0.408 e. The van der Waals surface area contributed by atoms with Crippen LogP contribution in [0.4, 0.5) is 18.9 Å². The highest BCUT2D eigenvalue weighted by Gasteiger charge is 2.29. The van der Waals surface area contributed by atoms with Gasteiger partial charge in [-0.1, -0.05) is 0 Å². The van der Waals surface area contributed by atoms with Gasteiger partial charge in [-0.05, 0) is 34.7 Å². The molecule has 1 N–H and O–H groups in total. The van der Waals surface area contributed by atoms with Gasteiger partial charge < -0.3 is 10.1 Å². The van der Waals surface area contributed by atoms with Crippen LogP contribution in [-0.2, 0) is 11.3 Å². The lowest BCUT2D eigenvalue weighted by Crippen LogP contribution is -2.31. The maximum absolute atomic E-state index is 12.3. The first-order valence-corrected chi connectivity index (χ1v) is 7.30. The average molecular weight is 370 g/mol. The summed E-state index contributed by atoms with van der Waals surface area (Å²) in [6, 6.07) is 0. The van der Waals surface area contributed by atoms with Crippen LogP contribution < -0.4 is 10.9 Å². The van der Waals surface area contributed by atoms with E-state index in [0.717, 1.165) is 26.1 Å². The van der Waals surface area contributed by atoms with E-state index in [1.54, 1.807) is 0 Å². The number of nitrogens with one attached hydrogen (secondary N) is 1. The topological polar surface area (TPSA) is 56.1 Å². The number of rotatable bonds is 5. The molecule has 118 valence electrons. The molecule has 2 rings (SSSR count). The Morgan fingerprint density at radius 2 is 2.29 bits per heavy atom. The summed E-state index contributed by atoms with van der Waals surface area (Å²) in [5, 5.41) is 6.55. The van der Waals surface area contributed by atoms with Crippen molar-refractivity contribution >= 4 is 21.6 Å². The second-order valence-corrected chi connectivity index (χ2v) is 5.69. The van der Waals surface area contributed by atoms with Gasteiger partial charge in [0, 0.05) is 19.8 Å². The van der Waals surface area contributed by atoms with E-state index in [0.29, 0.717) is 22.8 Å². The van der Waals surface area contributed by atoms with E-state index < -0.39 is 18.3 Å². The fourth-order valence-electron chi connectivity index (χ4n) is 2.09. The normalized spacial score (nSPS) is 19.0. The number of nitrogens with zero attached hydrogens (tertiary/aromatic N) is 2. The molecule has 9 heteroatoms. The lowest BCUT2D eigenvalue weighted by Gasteiger charge is -2.13. The van der Waals surface area contributed by atoms with Gasteiger partial charge in [-0.3, -0.25) is 4.79 Å². The second-order valence-electron chi connectivity index (χ2n) is 4.90. The Hall–Kier alpha value is -1.09. The van der Waals surface area contributed by atoms with Crippen LogP contribution >= 0.6 is 15.9 Å². The van der Waals surface area contributed by atoms with E-state index in [1.165, 1.54) is 6.20 Å². The maximum Gasteiger partial charge on any atom is 0.408 e.